The number of hydrogen-bond acceptors (Lipinski definition) is 4. The van der Waals surface area contributed by atoms with Gasteiger partial charge in [-0.05, 0) is 38.1 Å². The minimum Gasteiger partial charge on any atom is -0.372 e. The molecule has 122 valence electrons. The predicted octanol–water partition coefficient (Wildman–Crippen LogP) is 1.93. The number of morpholine rings is 1. The van der Waals surface area contributed by atoms with Crippen molar-refractivity contribution in [2.45, 2.75) is 36.7 Å². The third kappa shape index (κ3) is 3.44. The highest BCUT2D eigenvalue weighted by Gasteiger charge is 2.28. The fourth-order valence-corrected chi connectivity index (χ4v) is 3.14. The zero-order valence-electron chi connectivity index (χ0n) is 12.2. The maximum atomic E-state index is 12.5. The Bertz CT molecular complexity index is 635. The monoisotopic (exact) mass is 333 g/mol. The van der Waals surface area contributed by atoms with Crippen LogP contribution in [0.5, 0.6) is 0 Å². The normalized spacial score (nSPS) is 22.9. The SMILES string of the molecule is C[C@@H]1CN(C(=O)c2ccc(S(=O)(=O)C(F)F)cc2)C[C@H](C)O1. The van der Waals surface area contributed by atoms with Crippen molar-refractivity contribution in [3.8, 4) is 0 Å². The number of benzene rings is 1. The Kier molecular flexibility index (Phi) is 4.81. The molecule has 0 N–H and O–H groups in total. The van der Waals surface area contributed by atoms with Crippen LogP contribution in [0.15, 0.2) is 29.2 Å². The third-order valence-corrected chi connectivity index (χ3v) is 4.77. The lowest BCUT2D eigenvalue weighted by molar-refractivity contribution is -0.0586. The molecule has 0 radical (unpaired) electrons. The molecule has 2 rings (SSSR count). The molecule has 22 heavy (non-hydrogen) atoms. The van der Waals surface area contributed by atoms with Crippen LogP contribution in [-0.2, 0) is 14.6 Å². The molecule has 1 saturated heterocycles. The summed E-state index contributed by atoms with van der Waals surface area (Å²) >= 11 is 0. The number of ether oxygens (including phenoxy) is 1. The fourth-order valence-electron chi connectivity index (χ4n) is 2.42. The van der Waals surface area contributed by atoms with E-state index in [9.17, 15) is 22.0 Å². The van der Waals surface area contributed by atoms with E-state index in [0.717, 1.165) is 12.1 Å². The van der Waals surface area contributed by atoms with Gasteiger partial charge in [0.2, 0.25) is 9.84 Å². The Morgan fingerprint density at radius 2 is 1.68 bits per heavy atom. The van der Waals surface area contributed by atoms with E-state index in [1.165, 1.54) is 12.1 Å². The van der Waals surface area contributed by atoms with E-state index >= 15 is 0 Å². The molecule has 0 bridgehead atoms. The summed E-state index contributed by atoms with van der Waals surface area (Å²) in [6, 6.07) is 4.56. The maximum Gasteiger partial charge on any atom is 0.341 e. The van der Waals surface area contributed by atoms with Crippen LogP contribution in [-0.4, -0.2) is 50.3 Å². The molecule has 1 aromatic rings. The summed E-state index contributed by atoms with van der Waals surface area (Å²) in [5, 5.41) is 0. The van der Waals surface area contributed by atoms with E-state index in [1.807, 2.05) is 13.8 Å². The summed E-state index contributed by atoms with van der Waals surface area (Å²) in [4.78, 5) is 13.5. The average molecular weight is 333 g/mol. The van der Waals surface area contributed by atoms with E-state index in [4.69, 9.17) is 4.74 Å². The second-order valence-electron chi connectivity index (χ2n) is 5.30. The Balaban J connectivity index is 2.18. The molecule has 1 aromatic carbocycles. The predicted molar refractivity (Wildman–Crippen MR) is 75.5 cm³/mol. The number of alkyl halides is 2. The molecular weight excluding hydrogens is 316 g/mol. The molecule has 0 saturated carbocycles. The molecule has 1 heterocycles. The summed E-state index contributed by atoms with van der Waals surface area (Å²) < 4.78 is 53.1. The van der Waals surface area contributed by atoms with Gasteiger partial charge in [-0.3, -0.25) is 4.79 Å². The van der Waals surface area contributed by atoms with Gasteiger partial charge in [-0.25, -0.2) is 8.42 Å². The standard InChI is InChI=1S/C14H17F2NO4S/c1-9-7-17(8-10(2)21-9)13(18)11-3-5-12(6-4-11)22(19,20)14(15)16/h3-6,9-10,14H,7-8H2,1-2H3/t9-,10+. The maximum absolute atomic E-state index is 12.5. The van der Waals surface area contributed by atoms with E-state index in [0.29, 0.717) is 13.1 Å². The molecule has 1 fully saturated rings. The van der Waals surface area contributed by atoms with Gasteiger partial charge in [-0.1, -0.05) is 0 Å². The Hall–Kier alpha value is -1.54. The van der Waals surface area contributed by atoms with Crippen molar-refractivity contribution in [2.24, 2.45) is 0 Å². The molecule has 5 nitrogen and oxygen atoms in total. The van der Waals surface area contributed by atoms with Crippen LogP contribution in [0.2, 0.25) is 0 Å². The van der Waals surface area contributed by atoms with Crippen molar-refractivity contribution in [1.82, 2.24) is 4.90 Å². The minimum atomic E-state index is -4.64. The van der Waals surface area contributed by atoms with E-state index in [1.54, 1.807) is 4.90 Å². The average Bonchev–Trinajstić information content (AvgIpc) is 2.45. The van der Waals surface area contributed by atoms with Gasteiger partial charge in [0.05, 0.1) is 17.1 Å². The van der Waals surface area contributed by atoms with Crippen molar-refractivity contribution in [2.75, 3.05) is 13.1 Å². The zero-order valence-corrected chi connectivity index (χ0v) is 13.0. The van der Waals surface area contributed by atoms with Crippen LogP contribution in [0.3, 0.4) is 0 Å². The van der Waals surface area contributed by atoms with Crippen LogP contribution in [0.25, 0.3) is 0 Å². The molecule has 0 aliphatic carbocycles. The lowest BCUT2D eigenvalue weighted by Gasteiger charge is -2.35. The smallest absolute Gasteiger partial charge is 0.341 e. The van der Waals surface area contributed by atoms with Gasteiger partial charge in [0, 0.05) is 18.7 Å². The summed E-state index contributed by atoms with van der Waals surface area (Å²) in [6.45, 7) is 4.57. The highest BCUT2D eigenvalue weighted by molar-refractivity contribution is 7.91. The lowest BCUT2D eigenvalue weighted by Crippen LogP contribution is -2.48. The first-order valence-electron chi connectivity index (χ1n) is 6.78. The molecule has 1 aliphatic heterocycles. The molecule has 0 spiro atoms. The second kappa shape index (κ2) is 6.29. The van der Waals surface area contributed by atoms with Crippen molar-refractivity contribution >= 4 is 15.7 Å². The number of carbonyl (C=O) groups excluding carboxylic acids is 1. The molecule has 0 unspecified atom stereocenters. The number of rotatable bonds is 3. The van der Waals surface area contributed by atoms with Gasteiger partial charge >= 0.3 is 5.76 Å². The van der Waals surface area contributed by atoms with Gasteiger partial charge in [-0.15, -0.1) is 0 Å². The lowest BCUT2D eigenvalue weighted by atomic mass is 10.1. The fraction of sp³-hybridized carbons (Fsp3) is 0.500. The Morgan fingerprint density at radius 3 is 2.14 bits per heavy atom. The van der Waals surface area contributed by atoms with Crippen molar-refractivity contribution in [3.05, 3.63) is 29.8 Å². The highest BCUT2D eigenvalue weighted by atomic mass is 32.2. The number of hydrogen-bond donors (Lipinski definition) is 0. The zero-order chi connectivity index (χ0) is 16.5. The second-order valence-corrected chi connectivity index (χ2v) is 7.22. The highest BCUT2D eigenvalue weighted by Crippen LogP contribution is 2.20. The molecular formula is C14H17F2NO4S. The van der Waals surface area contributed by atoms with Crippen molar-refractivity contribution < 1.29 is 26.7 Å². The van der Waals surface area contributed by atoms with Gasteiger partial charge < -0.3 is 9.64 Å². The van der Waals surface area contributed by atoms with Crippen LogP contribution < -0.4 is 0 Å². The van der Waals surface area contributed by atoms with Crippen LogP contribution in [0.4, 0.5) is 8.78 Å². The van der Waals surface area contributed by atoms with Crippen LogP contribution >= 0.6 is 0 Å². The topological polar surface area (TPSA) is 63.7 Å². The summed E-state index contributed by atoms with van der Waals surface area (Å²) in [5.74, 6) is -3.75. The van der Waals surface area contributed by atoms with E-state index < -0.39 is 20.5 Å². The van der Waals surface area contributed by atoms with Crippen LogP contribution in [0.1, 0.15) is 24.2 Å². The minimum absolute atomic E-state index is 0.0915. The quantitative estimate of drug-likeness (QED) is 0.848. The Labute approximate surface area is 127 Å². The van der Waals surface area contributed by atoms with Crippen LogP contribution in [0, 0.1) is 0 Å². The first-order chi connectivity index (χ1) is 10.2. The number of carbonyl (C=O) groups is 1. The van der Waals surface area contributed by atoms with E-state index in [-0.39, 0.29) is 23.7 Å². The molecule has 1 aliphatic rings. The summed E-state index contributed by atoms with van der Waals surface area (Å²) in [6.07, 6.45) is -0.183. The number of halogens is 2. The van der Waals surface area contributed by atoms with Gasteiger partial charge in [0.15, 0.2) is 0 Å². The molecule has 1 amide bonds. The number of sulfone groups is 1. The summed E-state index contributed by atoms with van der Waals surface area (Å²) in [7, 11) is -4.64. The largest absolute Gasteiger partial charge is 0.372 e. The molecule has 0 aromatic heterocycles. The van der Waals surface area contributed by atoms with Gasteiger partial charge in [0.25, 0.3) is 5.91 Å². The number of nitrogens with zero attached hydrogens (tertiary/aromatic N) is 1. The van der Waals surface area contributed by atoms with Gasteiger partial charge in [0.1, 0.15) is 0 Å². The number of amides is 1. The first kappa shape index (κ1) is 16.8. The first-order valence-corrected chi connectivity index (χ1v) is 8.33. The van der Waals surface area contributed by atoms with E-state index in [2.05, 4.69) is 0 Å². The van der Waals surface area contributed by atoms with Gasteiger partial charge in [-0.2, -0.15) is 8.78 Å². The Morgan fingerprint density at radius 1 is 1.18 bits per heavy atom. The third-order valence-electron chi connectivity index (χ3n) is 3.37. The molecule has 8 heteroatoms. The summed E-state index contributed by atoms with van der Waals surface area (Å²) in [5.41, 5.74) is 0.259. The van der Waals surface area contributed by atoms with Crippen molar-refractivity contribution in [1.29, 1.82) is 0 Å². The van der Waals surface area contributed by atoms with Crippen molar-refractivity contribution in [3.63, 3.8) is 0 Å². The molecule has 2 atom stereocenters.